The number of ether oxygens (including phenoxy) is 2. The van der Waals surface area contributed by atoms with Gasteiger partial charge in [-0.3, -0.25) is 0 Å². The summed E-state index contributed by atoms with van der Waals surface area (Å²) in [4.78, 5) is 5.62. The smallest absolute Gasteiger partial charge is 0.260 e. The van der Waals surface area contributed by atoms with E-state index in [0.29, 0.717) is 20.1 Å². The predicted molar refractivity (Wildman–Crippen MR) is 402 cm³/mol. The van der Waals surface area contributed by atoms with E-state index in [0.717, 1.165) is 28.5 Å². The SMILES string of the molecule is CC1(C)c2ccccc2B2c3ccccc3C(C)(C)c3cccc1c32.C[Si]1(C)c2ccccc2B2c3ccccc3[Si](C)(C)c3cccc1c32.c1ccc2c(c1)Oc1cccc3c1B2c1ccccc1O3.c1ccc2c(c1)Sc1cccc3c1B2c1ccccc1S3. The lowest BCUT2D eigenvalue weighted by atomic mass is 9.27. The van der Waals surface area contributed by atoms with Crippen LogP contribution in [0, 0.1) is 0 Å². The monoisotopic (exact) mass is 1250 g/mol. The summed E-state index contributed by atoms with van der Waals surface area (Å²) in [7, 11) is -3.30. The fraction of sp³-hybridized carbons (Fsp3) is 0.122. The molecule has 8 aliphatic heterocycles. The third kappa shape index (κ3) is 8.66. The quantitative estimate of drug-likeness (QED) is 0.141. The lowest BCUT2D eigenvalue weighted by molar-refractivity contribution is 0.464. The molecule has 0 N–H and O–H groups in total. The van der Waals surface area contributed by atoms with Crippen molar-refractivity contribution in [3.8, 4) is 23.0 Å². The van der Waals surface area contributed by atoms with Gasteiger partial charge in [-0.25, -0.2) is 0 Å². The Morgan fingerprint density at radius 2 is 0.554 bits per heavy atom. The van der Waals surface area contributed by atoms with Gasteiger partial charge >= 0.3 is 0 Å². The summed E-state index contributed by atoms with van der Waals surface area (Å²) in [5, 5.41) is 6.59. The molecule has 0 fully saturated rings. The Kier molecular flexibility index (Phi) is 13.5. The normalized spacial score (nSPS) is 16.2. The van der Waals surface area contributed by atoms with E-state index >= 15 is 0 Å². The third-order valence-corrected chi connectivity index (χ3v) is 31.2. The Balaban J connectivity index is 0.0000000942. The second kappa shape index (κ2) is 21.6. The van der Waals surface area contributed by atoms with E-state index in [9.17, 15) is 0 Å². The highest BCUT2D eigenvalue weighted by Gasteiger charge is 2.50. The van der Waals surface area contributed by atoms with E-state index in [-0.39, 0.29) is 17.5 Å². The minimum atomic E-state index is -1.65. The van der Waals surface area contributed by atoms with Crippen molar-refractivity contribution in [3.05, 3.63) is 289 Å². The van der Waals surface area contributed by atoms with Gasteiger partial charge in [-0.2, -0.15) is 0 Å². The molecule has 0 saturated carbocycles. The van der Waals surface area contributed by atoms with Gasteiger partial charge in [0.05, 0.1) is 0 Å². The average molecular weight is 1250 g/mol. The first kappa shape index (κ1) is 57.5. The maximum atomic E-state index is 6.06. The van der Waals surface area contributed by atoms with Gasteiger partial charge in [-0.05, 0) is 87.2 Å². The van der Waals surface area contributed by atoms with E-state index in [4.69, 9.17) is 9.47 Å². The van der Waals surface area contributed by atoms with Gasteiger partial charge in [0.25, 0.3) is 6.71 Å². The molecule has 0 spiro atoms. The standard InChI is InChI=1S/C24H23B.C22H23BSi2.C18H11BO2.C18H11BS2/c1-23(2)16-10-5-7-14-20(16)25-21-15-8-6-11-17(21)24(3,4)19-13-9-12-18(23)22(19)25;1-24(2)18-12-7-5-10-16(18)23-17-11-6-8-13-19(17)25(3,4)21-15-9-14-20(24)22(21)23;2*1-3-8-14-12(6-1)19-13-7-2-4-9-15(13)21-17-11-5-10-16(20-14)18(17)19/h2*5-15H,1-4H3;2*1-11H. The average Bonchev–Trinajstić information content (AvgIpc) is 0.702. The maximum Gasteiger partial charge on any atom is 0.260 e. The van der Waals surface area contributed by atoms with E-state index in [1.54, 1.807) is 42.6 Å². The van der Waals surface area contributed by atoms with Crippen LogP contribution in [0.3, 0.4) is 0 Å². The van der Waals surface area contributed by atoms with Crippen LogP contribution in [0.1, 0.15) is 49.9 Å². The second-order valence-corrected chi connectivity index (χ2v) is 38.8. The van der Waals surface area contributed by atoms with Crippen LogP contribution in [0.4, 0.5) is 0 Å². The lowest BCUT2D eigenvalue weighted by Crippen LogP contribution is -2.86. The zero-order chi connectivity index (χ0) is 62.4. The van der Waals surface area contributed by atoms with Gasteiger partial charge in [-0.15, -0.1) is 0 Å². The molecule has 10 heteroatoms. The van der Waals surface area contributed by atoms with Crippen LogP contribution >= 0.6 is 23.5 Å². The predicted octanol–water partition coefficient (Wildman–Crippen LogP) is 9.50. The van der Waals surface area contributed by atoms with E-state index < -0.39 is 16.1 Å². The highest BCUT2D eigenvalue weighted by molar-refractivity contribution is 8.01. The molecule has 0 unspecified atom stereocenters. The third-order valence-electron chi connectivity index (χ3n) is 21.7. The molecule has 0 saturated heterocycles. The molecule has 0 atom stereocenters. The molecule has 12 aromatic carbocycles. The summed E-state index contributed by atoms with van der Waals surface area (Å²) in [6, 6.07) is 97.7. The molecule has 0 radical (unpaired) electrons. The number of hydrogen-bond acceptors (Lipinski definition) is 4. The van der Waals surface area contributed by atoms with Gasteiger partial charge in [0.15, 0.2) is 0 Å². The van der Waals surface area contributed by atoms with Crippen molar-refractivity contribution in [3.63, 3.8) is 0 Å². The Morgan fingerprint density at radius 3 is 1.04 bits per heavy atom. The van der Waals surface area contributed by atoms with Gasteiger partial charge in [-0.1, -0.05) is 360 Å². The molecule has 92 heavy (non-hydrogen) atoms. The van der Waals surface area contributed by atoms with Crippen molar-refractivity contribution in [2.45, 2.75) is 84.3 Å². The van der Waals surface area contributed by atoms with Crippen molar-refractivity contribution in [1.29, 1.82) is 0 Å². The molecule has 8 heterocycles. The number of rotatable bonds is 0. The van der Waals surface area contributed by atoms with Crippen LogP contribution in [-0.2, 0) is 10.8 Å². The summed E-state index contributed by atoms with van der Waals surface area (Å²) in [6.45, 7) is 21.0. The first-order valence-corrected chi connectivity index (χ1v) is 40.3. The van der Waals surface area contributed by atoms with Gasteiger partial charge in [0.1, 0.15) is 39.1 Å². The molecule has 0 aromatic heterocycles. The highest BCUT2D eigenvalue weighted by Crippen LogP contribution is 2.42. The fourth-order valence-electron chi connectivity index (χ4n) is 17.4. The van der Waals surface area contributed by atoms with E-state index in [1.165, 1.54) is 80.1 Å². The van der Waals surface area contributed by atoms with Gasteiger partial charge in [0, 0.05) is 35.9 Å². The lowest BCUT2D eigenvalue weighted by Gasteiger charge is -2.46. The molecule has 2 nitrogen and oxygen atoms in total. The molecule has 20 rings (SSSR count). The van der Waals surface area contributed by atoms with E-state index in [2.05, 4.69) is 278 Å². The first-order valence-electron chi connectivity index (χ1n) is 32.7. The number of para-hydroxylation sites is 2. The zero-order valence-electron chi connectivity index (χ0n) is 53.3. The molecule has 0 bridgehead atoms. The summed E-state index contributed by atoms with van der Waals surface area (Å²) >= 11 is 3.82. The van der Waals surface area contributed by atoms with Crippen LogP contribution in [0.15, 0.2) is 287 Å². The molecule has 0 amide bonds. The molecule has 12 aromatic rings. The maximum absolute atomic E-state index is 6.06. The minimum absolute atomic E-state index is 0.0425. The number of hydrogen-bond donors (Lipinski definition) is 0. The van der Waals surface area contributed by atoms with Crippen molar-refractivity contribution in [1.82, 2.24) is 0 Å². The summed E-state index contributed by atoms with van der Waals surface area (Å²) in [5.74, 6) is 3.66. The molecular formula is C82H68B4O2S2Si2. The topological polar surface area (TPSA) is 18.5 Å². The van der Waals surface area contributed by atoms with Gasteiger partial charge in [0.2, 0.25) is 20.1 Å². The van der Waals surface area contributed by atoms with E-state index in [1.807, 2.05) is 66.0 Å². The number of fused-ring (bicyclic) bond motifs is 16. The second-order valence-electron chi connectivity index (χ2n) is 28.0. The molecular weight excluding hydrogens is 1180 g/mol. The number of benzene rings is 12. The minimum Gasteiger partial charge on any atom is -0.458 e. The largest absolute Gasteiger partial charge is 0.458 e. The van der Waals surface area contributed by atoms with Crippen molar-refractivity contribution in [2.75, 3.05) is 0 Å². The summed E-state index contributed by atoms with van der Waals surface area (Å²) in [5.41, 5.74) is 23.3. The van der Waals surface area contributed by atoms with Crippen molar-refractivity contribution in [2.24, 2.45) is 0 Å². The Morgan fingerprint density at radius 1 is 0.250 bits per heavy atom. The summed E-state index contributed by atoms with van der Waals surface area (Å²) in [6.07, 6.45) is 0. The molecule has 8 aliphatic rings. The molecule has 0 aliphatic carbocycles. The fourth-order valence-corrected chi connectivity index (χ4v) is 26.4. The van der Waals surface area contributed by atoms with Crippen LogP contribution in [-0.4, -0.2) is 43.0 Å². The first-order chi connectivity index (χ1) is 44.7. The van der Waals surface area contributed by atoms with Crippen LogP contribution in [0.25, 0.3) is 0 Å². The Labute approximate surface area is 554 Å². The zero-order valence-corrected chi connectivity index (χ0v) is 57.0. The van der Waals surface area contributed by atoms with Crippen LogP contribution < -0.4 is 95.8 Å². The Hall–Kier alpha value is -8.37. The Bertz CT molecular complexity index is 4430. The van der Waals surface area contributed by atoms with Crippen molar-refractivity contribution < 1.29 is 9.47 Å². The van der Waals surface area contributed by atoms with Crippen molar-refractivity contribution >= 4 is 153 Å². The van der Waals surface area contributed by atoms with Crippen LogP contribution in [0.2, 0.25) is 26.2 Å². The van der Waals surface area contributed by atoms with Crippen LogP contribution in [0.5, 0.6) is 23.0 Å². The molecule has 440 valence electrons. The summed E-state index contributed by atoms with van der Waals surface area (Å²) < 4.78 is 12.1. The van der Waals surface area contributed by atoms with Gasteiger partial charge < -0.3 is 9.47 Å². The highest BCUT2D eigenvalue weighted by atomic mass is 32.2.